The van der Waals surface area contributed by atoms with Gasteiger partial charge in [0, 0.05) is 19.2 Å². The number of pyridine rings is 1. The molecule has 0 saturated carbocycles. The number of aromatic nitrogens is 1. The summed E-state index contributed by atoms with van der Waals surface area (Å²) in [6, 6.07) is 5.87. The van der Waals surface area contributed by atoms with Gasteiger partial charge in [0.25, 0.3) is 0 Å². The summed E-state index contributed by atoms with van der Waals surface area (Å²) in [5.41, 5.74) is 1.01. The predicted molar refractivity (Wildman–Crippen MR) is 81.9 cm³/mol. The smallest absolute Gasteiger partial charge is 0.213 e. The van der Waals surface area contributed by atoms with E-state index in [1.54, 1.807) is 0 Å². The van der Waals surface area contributed by atoms with Gasteiger partial charge in [0.15, 0.2) is 0 Å². The van der Waals surface area contributed by atoms with Crippen molar-refractivity contribution in [2.45, 2.75) is 34.2 Å². The fourth-order valence-corrected chi connectivity index (χ4v) is 1.65. The van der Waals surface area contributed by atoms with Crippen LogP contribution < -0.4 is 10.1 Å². The molecule has 4 heteroatoms. The van der Waals surface area contributed by atoms with Crippen molar-refractivity contribution in [2.75, 3.05) is 26.4 Å². The lowest BCUT2D eigenvalue weighted by Gasteiger charge is -2.10. The van der Waals surface area contributed by atoms with Gasteiger partial charge in [0.2, 0.25) is 5.88 Å². The van der Waals surface area contributed by atoms with Gasteiger partial charge in [0.1, 0.15) is 6.61 Å². The molecule has 1 aromatic rings. The van der Waals surface area contributed by atoms with Crippen LogP contribution in [0, 0.1) is 11.8 Å². The Morgan fingerprint density at radius 3 is 2.60 bits per heavy atom. The number of hydrogen-bond donors (Lipinski definition) is 1. The molecule has 0 unspecified atom stereocenters. The first kappa shape index (κ1) is 16.9. The molecule has 0 aromatic carbocycles. The summed E-state index contributed by atoms with van der Waals surface area (Å²) in [6.07, 6.45) is 0. The molecular formula is C16H28N2O2. The molecule has 1 rings (SSSR count). The van der Waals surface area contributed by atoms with Crippen molar-refractivity contribution in [3.05, 3.63) is 23.9 Å². The Morgan fingerprint density at radius 1 is 1.10 bits per heavy atom. The Kier molecular flexibility index (Phi) is 8.23. The summed E-state index contributed by atoms with van der Waals surface area (Å²) in [5.74, 6) is 1.87. The molecule has 0 aliphatic rings. The molecule has 1 N–H and O–H groups in total. The van der Waals surface area contributed by atoms with E-state index in [0.29, 0.717) is 30.9 Å². The van der Waals surface area contributed by atoms with E-state index in [-0.39, 0.29) is 0 Å². The zero-order valence-electron chi connectivity index (χ0n) is 13.2. The van der Waals surface area contributed by atoms with Crippen molar-refractivity contribution in [1.82, 2.24) is 10.3 Å². The Hall–Kier alpha value is -1.13. The van der Waals surface area contributed by atoms with Crippen LogP contribution in [-0.2, 0) is 11.3 Å². The molecule has 20 heavy (non-hydrogen) atoms. The minimum atomic E-state index is 0.544. The lowest BCUT2D eigenvalue weighted by molar-refractivity contribution is 0.0805. The summed E-state index contributed by atoms with van der Waals surface area (Å²) < 4.78 is 11.1. The monoisotopic (exact) mass is 280 g/mol. The van der Waals surface area contributed by atoms with Crippen LogP contribution in [0.1, 0.15) is 33.4 Å². The lowest BCUT2D eigenvalue weighted by Crippen LogP contribution is -2.19. The van der Waals surface area contributed by atoms with E-state index in [0.717, 1.165) is 25.4 Å². The van der Waals surface area contributed by atoms with Gasteiger partial charge in [0.05, 0.1) is 12.3 Å². The minimum absolute atomic E-state index is 0.544. The van der Waals surface area contributed by atoms with E-state index in [2.05, 4.69) is 38.0 Å². The standard InChI is InChI=1S/C16H28N2O2/c1-13(2)10-17-11-15-6-5-7-16(18-15)20-9-8-19-12-14(3)4/h5-7,13-14,17H,8-12H2,1-4H3. The Balaban J connectivity index is 2.25. The van der Waals surface area contributed by atoms with Crippen molar-refractivity contribution in [3.8, 4) is 5.88 Å². The van der Waals surface area contributed by atoms with E-state index in [4.69, 9.17) is 9.47 Å². The first-order valence-electron chi connectivity index (χ1n) is 7.45. The Morgan fingerprint density at radius 2 is 1.90 bits per heavy atom. The second-order valence-electron chi connectivity index (χ2n) is 5.81. The van der Waals surface area contributed by atoms with Crippen LogP contribution in [0.25, 0.3) is 0 Å². The first-order chi connectivity index (χ1) is 9.58. The van der Waals surface area contributed by atoms with Gasteiger partial charge in [-0.1, -0.05) is 33.8 Å². The number of rotatable bonds is 10. The van der Waals surface area contributed by atoms with Crippen LogP contribution in [0.15, 0.2) is 18.2 Å². The number of hydrogen-bond acceptors (Lipinski definition) is 4. The van der Waals surface area contributed by atoms with Gasteiger partial charge in [-0.15, -0.1) is 0 Å². The van der Waals surface area contributed by atoms with Crippen molar-refractivity contribution in [3.63, 3.8) is 0 Å². The SMILES string of the molecule is CC(C)CNCc1cccc(OCCOCC(C)C)n1. The summed E-state index contributed by atoms with van der Waals surface area (Å²) >= 11 is 0. The number of ether oxygens (including phenoxy) is 2. The maximum absolute atomic E-state index is 5.59. The first-order valence-corrected chi connectivity index (χ1v) is 7.45. The zero-order valence-corrected chi connectivity index (χ0v) is 13.2. The molecule has 0 amide bonds. The highest BCUT2D eigenvalue weighted by Crippen LogP contribution is 2.07. The summed E-state index contributed by atoms with van der Waals surface area (Å²) in [6.45, 7) is 12.4. The van der Waals surface area contributed by atoms with E-state index in [1.165, 1.54) is 0 Å². The molecule has 1 heterocycles. The normalized spacial score (nSPS) is 11.3. The van der Waals surface area contributed by atoms with Gasteiger partial charge >= 0.3 is 0 Å². The average molecular weight is 280 g/mol. The molecule has 0 bridgehead atoms. The molecule has 0 fully saturated rings. The van der Waals surface area contributed by atoms with Crippen molar-refractivity contribution < 1.29 is 9.47 Å². The maximum atomic E-state index is 5.59. The summed E-state index contributed by atoms with van der Waals surface area (Å²) in [5, 5.41) is 3.37. The van der Waals surface area contributed by atoms with Crippen molar-refractivity contribution in [1.29, 1.82) is 0 Å². The third-order valence-electron chi connectivity index (χ3n) is 2.57. The van der Waals surface area contributed by atoms with E-state index in [9.17, 15) is 0 Å². The highest BCUT2D eigenvalue weighted by atomic mass is 16.5. The Bertz CT molecular complexity index is 367. The van der Waals surface area contributed by atoms with Gasteiger partial charge in [-0.2, -0.15) is 0 Å². The highest BCUT2D eigenvalue weighted by molar-refractivity contribution is 5.15. The summed E-state index contributed by atoms with van der Waals surface area (Å²) in [4.78, 5) is 4.46. The topological polar surface area (TPSA) is 43.4 Å². The van der Waals surface area contributed by atoms with Gasteiger partial charge in [-0.05, 0) is 24.4 Å². The van der Waals surface area contributed by atoms with Gasteiger partial charge in [-0.3, -0.25) is 0 Å². The predicted octanol–water partition coefficient (Wildman–Crippen LogP) is 2.88. The molecule has 0 spiro atoms. The second kappa shape index (κ2) is 9.72. The minimum Gasteiger partial charge on any atom is -0.475 e. The van der Waals surface area contributed by atoms with Crippen molar-refractivity contribution in [2.24, 2.45) is 11.8 Å². The maximum Gasteiger partial charge on any atom is 0.213 e. The average Bonchev–Trinajstić information content (AvgIpc) is 2.38. The Labute approximate surface area is 122 Å². The van der Waals surface area contributed by atoms with E-state index < -0.39 is 0 Å². The fourth-order valence-electron chi connectivity index (χ4n) is 1.65. The molecule has 1 aromatic heterocycles. The number of nitrogens with one attached hydrogen (secondary N) is 1. The largest absolute Gasteiger partial charge is 0.475 e. The molecule has 0 radical (unpaired) electrons. The van der Waals surface area contributed by atoms with E-state index >= 15 is 0 Å². The second-order valence-corrected chi connectivity index (χ2v) is 5.81. The molecule has 0 saturated heterocycles. The third-order valence-corrected chi connectivity index (χ3v) is 2.57. The quantitative estimate of drug-likeness (QED) is 0.669. The van der Waals surface area contributed by atoms with Crippen LogP contribution in [0.5, 0.6) is 5.88 Å². The van der Waals surface area contributed by atoms with Gasteiger partial charge < -0.3 is 14.8 Å². The van der Waals surface area contributed by atoms with Crippen LogP contribution in [0.3, 0.4) is 0 Å². The third kappa shape index (κ3) is 8.12. The summed E-state index contributed by atoms with van der Waals surface area (Å²) in [7, 11) is 0. The number of nitrogens with zero attached hydrogens (tertiary/aromatic N) is 1. The molecule has 114 valence electrons. The highest BCUT2D eigenvalue weighted by Gasteiger charge is 2.00. The molecule has 4 nitrogen and oxygen atoms in total. The zero-order chi connectivity index (χ0) is 14.8. The van der Waals surface area contributed by atoms with Crippen molar-refractivity contribution >= 4 is 0 Å². The van der Waals surface area contributed by atoms with E-state index in [1.807, 2.05) is 18.2 Å². The van der Waals surface area contributed by atoms with Crippen LogP contribution in [0.2, 0.25) is 0 Å². The van der Waals surface area contributed by atoms with Gasteiger partial charge in [-0.25, -0.2) is 4.98 Å². The van der Waals surface area contributed by atoms with Crippen LogP contribution in [-0.4, -0.2) is 31.3 Å². The molecule has 0 aliphatic carbocycles. The van der Waals surface area contributed by atoms with Crippen LogP contribution in [0.4, 0.5) is 0 Å². The fraction of sp³-hybridized carbons (Fsp3) is 0.688. The van der Waals surface area contributed by atoms with Crippen LogP contribution >= 0.6 is 0 Å². The lowest BCUT2D eigenvalue weighted by atomic mass is 10.2. The molecule has 0 atom stereocenters. The molecular weight excluding hydrogens is 252 g/mol. The molecule has 0 aliphatic heterocycles.